The molecule has 1 aliphatic rings. The molecule has 0 bridgehead atoms. The fourth-order valence-electron chi connectivity index (χ4n) is 3.62. The van der Waals surface area contributed by atoms with Crippen LogP contribution in [0.25, 0.3) is 11.4 Å². The summed E-state index contributed by atoms with van der Waals surface area (Å²) in [5.41, 5.74) is 2.27. The Bertz CT molecular complexity index is 907. The van der Waals surface area contributed by atoms with Crippen molar-refractivity contribution in [3.8, 4) is 17.1 Å². The molecule has 0 N–H and O–H groups in total. The van der Waals surface area contributed by atoms with Crippen LogP contribution in [0.15, 0.2) is 59.8 Å². The molecule has 1 aliphatic heterocycles. The van der Waals surface area contributed by atoms with E-state index in [-0.39, 0.29) is 0 Å². The van der Waals surface area contributed by atoms with E-state index in [9.17, 15) is 0 Å². The van der Waals surface area contributed by atoms with Crippen molar-refractivity contribution < 1.29 is 9.47 Å². The molecule has 0 aliphatic carbocycles. The Labute approximate surface area is 176 Å². The minimum atomic E-state index is 0.308. The van der Waals surface area contributed by atoms with Gasteiger partial charge in [0, 0.05) is 18.9 Å². The van der Waals surface area contributed by atoms with Gasteiger partial charge in [-0.25, -0.2) is 0 Å². The number of para-hydroxylation sites is 1. The third kappa shape index (κ3) is 5.00. The summed E-state index contributed by atoms with van der Waals surface area (Å²) < 4.78 is 13.7. The van der Waals surface area contributed by atoms with E-state index < -0.39 is 0 Å². The molecule has 0 unspecified atom stereocenters. The lowest BCUT2D eigenvalue weighted by Crippen LogP contribution is -2.21. The van der Waals surface area contributed by atoms with Gasteiger partial charge in [0.2, 0.25) is 0 Å². The molecule has 0 saturated carbocycles. The van der Waals surface area contributed by atoms with Gasteiger partial charge in [-0.3, -0.25) is 0 Å². The van der Waals surface area contributed by atoms with Crippen molar-refractivity contribution in [2.45, 2.75) is 43.5 Å². The maximum atomic E-state index is 5.90. The molecule has 1 aromatic heterocycles. The van der Waals surface area contributed by atoms with Gasteiger partial charge >= 0.3 is 0 Å². The molecular formula is C23H27N3O2S. The van der Waals surface area contributed by atoms with E-state index in [1.165, 1.54) is 18.4 Å². The summed E-state index contributed by atoms with van der Waals surface area (Å²) in [6.07, 6.45) is 4.78. The van der Waals surface area contributed by atoms with Crippen molar-refractivity contribution >= 4 is 11.8 Å². The second-order valence-electron chi connectivity index (χ2n) is 7.19. The lowest BCUT2D eigenvalue weighted by molar-refractivity contribution is 0.0315. The summed E-state index contributed by atoms with van der Waals surface area (Å²) in [6.45, 7) is 1.69. The largest absolute Gasteiger partial charge is 0.496 e. The van der Waals surface area contributed by atoms with Crippen LogP contribution in [0.3, 0.4) is 0 Å². The smallest absolute Gasteiger partial charge is 0.191 e. The molecule has 152 valence electrons. The molecule has 3 aromatic rings. The third-order valence-electron chi connectivity index (χ3n) is 5.20. The SMILES string of the molecule is COc1ccccc1-c1nnc(SC[C@H]2CCCCO2)n1CCc1ccccc1. The van der Waals surface area contributed by atoms with Gasteiger partial charge in [0.25, 0.3) is 0 Å². The molecule has 6 heteroatoms. The molecule has 0 spiro atoms. The first kappa shape index (κ1) is 20.0. The number of aromatic nitrogens is 3. The van der Waals surface area contributed by atoms with E-state index in [0.29, 0.717) is 6.10 Å². The Morgan fingerprint density at radius 2 is 1.90 bits per heavy atom. The van der Waals surface area contributed by atoms with Crippen molar-refractivity contribution in [2.24, 2.45) is 0 Å². The normalized spacial score (nSPS) is 16.7. The zero-order valence-electron chi connectivity index (χ0n) is 16.8. The summed E-state index contributed by atoms with van der Waals surface area (Å²) in [5.74, 6) is 2.58. The second-order valence-corrected chi connectivity index (χ2v) is 8.18. The molecule has 5 nitrogen and oxygen atoms in total. The first-order valence-corrected chi connectivity index (χ1v) is 11.2. The zero-order chi connectivity index (χ0) is 19.9. The maximum Gasteiger partial charge on any atom is 0.191 e. The van der Waals surface area contributed by atoms with E-state index in [2.05, 4.69) is 39.0 Å². The number of benzene rings is 2. The number of hydrogen-bond acceptors (Lipinski definition) is 5. The highest BCUT2D eigenvalue weighted by Gasteiger charge is 2.20. The molecule has 1 atom stereocenters. The Hall–Kier alpha value is -2.31. The fraction of sp³-hybridized carbons (Fsp3) is 0.391. The third-order valence-corrected chi connectivity index (χ3v) is 6.30. The number of hydrogen-bond donors (Lipinski definition) is 0. The van der Waals surface area contributed by atoms with Crippen LogP contribution in [0.4, 0.5) is 0 Å². The molecule has 0 radical (unpaired) electrons. The fourth-order valence-corrected chi connectivity index (χ4v) is 4.65. The number of ether oxygens (including phenoxy) is 2. The average Bonchev–Trinajstić information content (AvgIpc) is 3.20. The van der Waals surface area contributed by atoms with Crippen molar-refractivity contribution in [1.82, 2.24) is 14.8 Å². The molecular weight excluding hydrogens is 382 g/mol. The maximum absolute atomic E-state index is 5.90. The molecule has 2 aromatic carbocycles. The molecule has 2 heterocycles. The van der Waals surface area contributed by atoms with Crippen molar-refractivity contribution in [3.05, 3.63) is 60.2 Å². The quantitative estimate of drug-likeness (QED) is 0.498. The molecule has 1 fully saturated rings. The number of methoxy groups -OCH3 is 1. The predicted molar refractivity (Wildman–Crippen MR) is 116 cm³/mol. The molecule has 4 rings (SSSR count). The van der Waals surface area contributed by atoms with Gasteiger partial charge in [0.1, 0.15) is 5.75 Å². The van der Waals surface area contributed by atoms with Crippen LogP contribution in [0.2, 0.25) is 0 Å². The first-order valence-electron chi connectivity index (χ1n) is 10.2. The number of nitrogens with zero attached hydrogens (tertiary/aromatic N) is 3. The highest BCUT2D eigenvalue weighted by Crippen LogP contribution is 2.32. The Morgan fingerprint density at radius 1 is 1.07 bits per heavy atom. The van der Waals surface area contributed by atoms with Crippen LogP contribution in [0.1, 0.15) is 24.8 Å². The topological polar surface area (TPSA) is 49.2 Å². The second kappa shape index (κ2) is 9.94. The summed E-state index contributed by atoms with van der Waals surface area (Å²) in [4.78, 5) is 0. The van der Waals surface area contributed by atoms with E-state index in [0.717, 1.165) is 54.0 Å². The zero-order valence-corrected chi connectivity index (χ0v) is 17.6. The average molecular weight is 410 g/mol. The van der Waals surface area contributed by atoms with Crippen molar-refractivity contribution in [1.29, 1.82) is 0 Å². The molecule has 1 saturated heterocycles. The van der Waals surface area contributed by atoms with Crippen molar-refractivity contribution in [2.75, 3.05) is 19.5 Å². The van der Waals surface area contributed by atoms with Gasteiger partial charge in [0.15, 0.2) is 11.0 Å². The van der Waals surface area contributed by atoms with E-state index >= 15 is 0 Å². The van der Waals surface area contributed by atoms with Crippen LogP contribution >= 0.6 is 11.8 Å². The van der Waals surface area contributed by atoms with Gasteiger partial charge in [-0.2, -0.15) is 0 Å². The van der Waals surface area contributed by atoms with E-state index in [1.54, 1.807) is 18.9 Å². The summed E-state index contributed by atoms with van der Waals surface area (Å²) in [5, 5.41) is 10.0. The van der Waals surface area contributed by atoms with Crippen LogP contribution < -0.4 is 4.74 Å². The highest BCUT2D eigenvalue weighted by molar-refractivity contribution is 7.99. The minimum Gasteiger partial charge on any atom is -0.496 e. The van der Waals surface area contributed by atoms with Gasteiger partial charge in [-0.1, -0.05) is 54.2 Å². The predicted octanol–water partition coefficient (Wildman–Crippen LogP) is 4.86. The number of thioether (sulfide) groups is 1. The molecule has 29 heavy (non-hydrogen) atoms. The standard InChI is InChI=1S/C23H27N3O2S/c1-27-21-13-6-5-12-20(21)22-24-25-23(29-17-19-11-7-8-16-28-19)26(22)15-14-18-9-3-2-4-10-18/h2-6,9-10,12-13,19H,7-8,11,14-17H2,1H3/t19-/m1/s1. The van der Waals surface area contributed by atoms with Gasteiger partial charge < -0.3 is 14.0 Å². The van der Waals surface area contributed by atoms with Gasteiger partial charge in [-0.15, -0.1) is 10.2 Å². The van der Waals surface area contributed by atoms with Crippen LogP contribution in [-0.4, -0.2) is 40.3 Å². The number of aryl methyl sites for hydroxylation is 1. The van der Waals surface area contributed by atoms with E-state index in [4.69, 9.17) is 9.47 Å². The molecule has 0 amide bonds. The number of rotatable bonds is 8. The summed E-state index contributed by atoms with van der Waals surface area (Å²) in [6, 6.07) is 18.5. The monoisotopic (exact) mass is 409 g/mol. The minimum absolute atomic E-state index is 0.308. The van der Waals surface area contributed by atoms with Crippen LogP contribution in [0, 0.1) is 0 Å². The van der Waals surface area contributed by atoms with Crippen LogP contribution in [-0.2, 0) is 17.7 Å². The van der Waals surface area contributed by atoms with Gasteiger partial charge in [-0.05, 0) is 43.4 Å². The lowest BCUT2D eigenvalue weighted by atomic mass is 10.1. The Balaban J connectivity index is 1.59. The Kier molecular flexibility index (Phi) is 6.85. The van der Waals surface area contributed by atoms with Crippen LogP contribution in [0.5, 0.6) is 5.75 Å². The van der Waals surface area contributed by atoms with Crippen molar-refractivity contribution in [3.63, 3.8) is 0 Å². The summed E-state index contributed by atoms with van der Waals surface area (Å²) >= 11 is 1.74. The highest BCUT2D eigenvalue weighted by atomic mass is 32.2. The summed E-state index contributed by atoms with van der Waals surface area (Å²) in [7, 11) is 1.69. The van der Waals surface area contributed by atoms with E-state index in [1.807, 2.05) is 30.3 Å². The first-order chi connectivity index (χ1) is 14.3. The Morgan fingerprint density at radius 3 is 2.69 bits per heavy atom. The van der Waals surface area contributed by atoms with Gasteiger partial charge in [0.05, 0.1) is 18.8 Å². The lowest BCUT2D eigenvalue weighted by Gasteiger charge is -2.22.